The van der Waals surface area contributed by atoms with Gasteiger partial charge in [0.1, 0.15) is 5.69 Å². The Balaban J connectivity index is 2.28. The van der Waals surface area contributed by atoms with Crippen LogP contribution in [0, 0.1) is 0 Å². The van der Waals surface area contributed by atoms with E-state index in [-0.39, 0.29) is 11.5 Å². The number of carbonyl (C=O) groups is 1. The second kappa shape index (κ2) is 5.19. The zero-order chi connectivity index (χ0) is 13.1. The smallest absolute Gasteiger partial charge is 0.226 e. The summed E-state index contributed by atoms with van der Waals surface area (Å²) in [5.74, 6) is 0.0111. The van der Waals surface area contributed by atoms with Crippen LogP contribution in [-0.2, 0) is 0 Å². The highest BCUT2D eigenvalue weighted by Gasteiger charge is 2.15. The Morgan fingerprint density at radius 2 is 2.06 bits per heavy atom. The molecule has 3 nitrogen and oxygen atoms in total. The molecule has 0 saturated heterocycles. The van der Waals surface area contributed by atoms with E-state index in [9.17, 15) is 4.79 Å². The first kappa shape index (κ1) is 12.6. The van der Waals surface area contributed by atoms with Gasteiger partial charge in [-0.25, -0.2) is 0 Å². The first-order chi connectivity index (χ1) is 8.61. The van der Waals surface area contributed by atoms with Gasteiger partial charge in [0.05, 0.1) is 0 Å². The number of rotatable bonds is 4. The van der Waals surface area contributed by atoms with Gasteiger partial charge in [-0.3, -0.25) is 4.79 Å². The van der Waals surface area contributed by atoms with E-state index in [1.807, 2.05) is 19.1 Å². The summed E-state index contributed by atoms with van der Waals surface area (Å²) in [7, 11) is 0. The maximum absolute atomic E-state index is 11.8. The second-order valence-corrected chi connectivity index (χ2v) is 4.31. The molecule has 0 amide bonds. The summed E-state index contributed by atoms with van der Waals surface area (Å²) in [6, 6.07) is 8.79. The number of hydrogen-bond acceptors (Lipinski definition) is 3. The maximum Gasteiger partial charge on any atom is 0.226 e. The monoisotopic (exact) mass is 261 g/mol. The number of Topliss-reactive ketones (excluding diaryl/α,β-unsaturated/α-hetero) is 1. The fraction of sp³-hybridized carbons (Fsp3) is 0.143. The summed E-state index contributed by atoms with van der Waals surface area (Å²) in [5, 5.41) is 4.52. The number of halogens is 1. The lowest BCUT2D eigenvalue weighted by Gasteiger charge is -1.95. The minimum atomic E-state index is -0.204. The number of nitrogens with zero attached hydrogens (tertiary/aromatic N) is 1. The Labute approximate surface area is 110 Å². The minimum Gasteiger partial charge on any atom is -0.352 e. The van der Waals surface area contributed by atoms with Crippen molar-refractivity contribution in [3.8, 4) is 11.3 Å². The summed E-state index contributed by atoms with van der Waals surface area (Å²) in [4.78, 5) is 11.8. The van der Waals surface area contributed by atoms with Crippen molar-refractivity contribution in [3.63, 3.8) is 0 Å². The van der Waals surface area contributed by atoms with Crippen LogP contribution in [0.3, 0.4) is 0 Å². The van der Waals surface area contributed by atoms with Gasteiger partial charge in [-0.2, -0.15) is 0 Å². The van der Waals surface area contributed by atoms with E-state index in [2.05, 4.69) is 11.7 Å². The molecule has 0 aliphatic heterocycles. The van der Waals surface area contributed by atoms with E-state index >= 15 is 0 Å². The molecule has 0 fully saturated rings. The Hall–Kier alpha value is -1.87. The standard InChI is InChI=1S/C14H12ClNO2/c1-3-9(2)14(17)13-8-12(16-18-13)10-4-6-11(15)7-5-10/h4-8H,2-3H2,1H3. The molecule has 0 aliphatic rings. The summed E-state index contributed by atoms with van der Waals surface area (Å²) < 4.78 is 5.04. The van der Waals surface area contributed by atoms with Crippen molar-refractivity contribution in [1.29, 1.82) is 0 Å². The summed E-state index contributed by atoms with van der Waals surface area (Å²) >= 11 is 5.81. The lowest BCUT2D eigenvalue weighted by atomic mass is 10.1. The van der Waals surface area contributed by atoms with E-state index < -0.39 is 0 Å². The molecule has 0 bridgehead atoms. The largest absolute Gasteiger partial charge is 0.352 e. The molecule has 2 rings (SSSR count). The van der Waals surface area contributed by atoms with Gasteiger partial charge in [0, 0.05) is 16.7 Å². The summed E-state index contributed by atoms with van der Waals surface area (Å²) in [6.45, 7) is 5.56. The van der Waals surface area contributed by atoms with Crippen LogP contribution in [0.25, 0.3) is 11.3 Å². The molecule has 0 unspecified atom stereocenters. The van der Waals surface area contributed by atoms with Crippen molar-refractivity contribution in [2.75, 3.05) is 0 Å². The zero-order valence-electron chi connectivity index (χ0n) is 9.94. The van der Waals surface area contributed by atoms with Crippen LogP contribution in [0.1, 0.15) is 23.9 Å². The highest BCUT2D eigenvalue weighted by atomic mass is 35.5. The van der Waals surface area contributed by atoms with Crippen LogP contribution in [0.5, 0.6) is 0 Å². The van der Waals surface area contributed by atoms with E-state index in [0.29, 0.717) is 22.7 Å². The molecular weight excluding hydrogens is 250 g/mol. The third-order valence-corrected chi connectivity index (χ3v) is 2.87. The first-order valence-corrected chi connectivity index (χ1v) is 5.94. The van der Waals surface area contributed by atoms with E-state index in [4.69, 9.17) is 16.1 Å². The molecular formula is C14H12ClNO2. The number of aromatic nitrogens is 1. The predicted molar refractivity (Wildman–Crippen MR) is 70.7 cm³/mol. The molecule has 0 radical (unpaired) electrons. The highest BCUT2D eigenvalue weighted by Crippen LogP contribution is 2.22. The van der Waals surface area contributed by atoms with Gasteiger partial charge in [0.25, 0.3) is 0 Å². The number of allylic oxidation sites excluding steroid dienone is 1. The van der Waals surface area contributed by atoms with Crippen molar-refractivity contribution < 1.29 is 9.32 Å². The number of hydrogen-bond donors (Lipinski definition) is 0. The minimum absolute atomic E-state index is 0.204. The molecule has 1 heterocycles. The first-order valence-electron chi connectivity index (χ1n) is 5.57. The predicted octanol–water partition coefficient (Wildman–Crippen LogP) is 4.14. The fourth-order valence-corrected chi connectivity index (χ4v) is 1.60. The number of benzene rings is 1. The topological polar surface area (TPSA) is 43.1 Å². The van der Waals surface area contributed by atoms with Crippen LogP contribution in [-0.4, -0.2) is 10.9 Å². The number of carbonyl (C=O) groups excluding carboxylic acids is 1. The fourth-order valence-electron chi connectivity index (χ4n) is 1.47. The average Bonchev–Trinajstić information content (AvgIpc) is 2.87. The molecule has 0 saturated carbocycles. The van der Waals surface area contributed by atoms with Gasteiger partial charge in [0.2, 0.25) is 11.5 Å². The lowest BCUT2D eigenvalue weighted by molar-refractivity contribution is 0.0993. The van der Waals surface area contributed by atoms with E-state index in [0.717, 1.165) is 5.56 Å². The molecule has 4 heteroatoms. The molecule has 0 N–H and O–H groups in total. The highest BCUT2D eigenvalue weighted by molar-refractivity contribution is 6.30. The van der Waals surface area contributed by atoms with E-state index in [1.54, 1.807) is 18.2 Å². The van der Waals surface area contributed by atoms with Crippen LogP contribution in [0.4, 0.5) is 0 Å². The Morgan fingerprint density at radius 1 is 1.39 bits per heavy atom. The third-order valence-electron chi connectivity index (χ3n) is 2.62. The lowest BCUT2D eigenvalue weighted by Crippen LogP contribution is -1.99. The van der Waals surface area contributed by atoms with Gasteiger partial charge >= 0.3 is 0 Å². The van der Waals surface area contributed by atoms with Gasteiger partial charge in [-0.1, -0.05) is 42.4 Å². The Morgan fingerprint density at radius 3 is 2.67 bits per heavy atom. The van der Waals surface area contributed by atoms with Crippen LogP contribution in [0.15, 0.2) is 47.0 Å². The van der Waals surface area contributed by atoms with Gasteiger partial charge in [0.15, 0.2) is 0 Å². The molecule has 92 valence electrons. The van der Waals surface area contributed by atoms with Crippen molar-refractivity contribution in [2.24, 2.45) is 0 Å². The molecule has 0 atom stereocenters. The van der Waals surface area contributed by atoms with E-state index in [1.165, 1.54) is 0 Å². The number of ketones is 1. The molecule has 1 aromatic heterocycles. The Bertz CT molecular complexity index is 584. The molecule has 0 aliphatic carbocycles. The summed E-state index contributed by atoms with van der Waals surface area (Å²) in [6.07, 6.45) is 0.593. The average molecular weight is 262 g/mol. The quantitative estimate of drug-likeness (QED) is 0.613. The van der Waals surface area contributed by atoms with Gasteiger partial charge < -0.3 is 4.52 Å². The third kappa shape index (κ3) is 2.51. The van der Waals surface area contributed by atoms with Crippen LogP contribution < -0.4 is 0 Å². The molecule has 1 aromatic carbocycles. The SMILES string of the molecule is C=C(CC)C(=O)c1cc(-c2ccc(Cl)cc2)no1. The normalized spacial score (nSPS) is 10.3. The zero-order valence-corrected chi connectivity index (χ0v) is 10.7. The van der Waals surface area contributed by atoms with Crippen molar-refractivity contribution in [2.45, 2.75) is 13.3 Å². The van der Waals surface area contributed by atoms with Crippen molar-refractivity contribution in [3.05, 3.63) is 53.3 Å². The van der Waals surface area contributed by atoms with Crippen LogP contribution in [0.2, 0.25) is 5.02 Å². The second-order valence-electron chi connectivity index (χ2n) is 3.87. The molecule has 18 heavy (non-hydrogen) atoms. The summed E-state index contributed by atoms with van der Waals surface area (Å²) in [5.41, 5.74) is 1.97. The molecule has 2 aromatic rings. The maximum atomic E-state index is 11.8. The Kier molecular flexibility index (Phi) is 3.63. The van der Waals surface area contributed by atoms with Crippen LogP contribution >= 0.6 is 11.6 Å². The van der Waals surface area contributed by atoms with Crippen molar-refractivity contribution >= 4 is 17.4 Å². The molecule has 0 spiro atoms. The van der Waals surface area contributed by atoms with Gasteiger partial charge in [-0.05, 0) is 24.1 Å². The van der Waals surface area contributed by atoms with Gasteiger partial charge in [-0.15, -0.1) is 0 Å². The van der Waals surface area contributed by atoms with Crippen molar-refractivity contribution in [1.82, 2.24) is 5.16 Å².